The van der Waals surface area contributed by atoms with Crippen LogP contribution >= 0.6 is 58.0 Å². The molecule has 0 fully saturated rings. The summed E-state index contributed by atoms with van der Waals surface area (Å²) in [5.74, 6) is -2.06. The first-order valence-corrected chi connectivity index (χ1v) is 14.2. The van der Waals surface area contributed by atoms with Crippen LogP contribution in [0.25, 0.3) is 0 Å². The maximum atomic E-state index is 15.0. The first-order chi connectivity index (χ1) is 18.8. The van der Waals surface area contributed by atoms with Gasteiger partial charge in [0.15, 0.2) is 18.4 Å². The van der Waals surface area contributed by atoms with Gasteiger partial charge in [-0.3, -0.25) is 4.18 Å². The highest BCUT2D eigenvalue weighted by Crippen LogP contribution is 2.33. The van der Waals surface area contributed by atoms with Crippen LogP contribution in [-0.4, -0.2) is 51.6 Å². The SMILES string of the molecule is N=C[C@H](F)[C@@H](OC(=O)c1ccc(Cl)cc1)C(COC(=O)c1ccc(Cl)cc1)OS(=O)(=O)c1cc(Cl)c(Cl)cc1Cl. The summed E-state index contributed by atoms with van der Waals surface area (Å²) in [6.45, 7) is -0.938. The van der Waals surface area contributed by atoms with Crippen LogP contribution in [0.2, 0.25) is 25.1 Å². The molecule has 0 aliphatic rings. The van der Waals surface area contributed by atoms with Gasteiger partial charge in [0.25, 0.3) is 10.1 Å². The Morgan fingerprint density at radius 3 is 1.85 bits per heavy atom. The Morgan fingerprint density at radius 1 is 0.825 bits per heavy atom. The van der Waals surface area contributed by atoms with Gasteiger partial charge in [-0.1, -0.05) is 58.0 Å². The molecule has 0 saturated carbocycles. The number of rotatable bonds is 11. The number of hydrogen-bond acceptors (Lipinski definition) is 8. The zero-order chi connectivity index (χ0) is 29.6. The third kappa shape index (κ3) is 8.29. The second kappa shape index (κ2) is 14.0. The number of ether oxygens (including phenoxy) is 2. The number of hydrogen-bond donors (Lipinski definition) is 1. The lowest BCUT2D eigenvalue weighted by molar-refractivity contribution is -0.0475. The fourth-order valence-corrected chi connectivity index (χ4v) is 5.43. The highest BCUT2D eigenvalue weighted by Gasteiger charge is 2.39. The molecule has 1 N–H and O–H groups in total. The highest BCUT2D eigenvalue weighted by atomic mass is 35.5. The van der Waals surface area contributed by atoms with E-state index in [4.69, 9.17) is 77.1 Å². The molecule has 212 valence electrons. The number of nitrogens with one attached hydrogen (secondary N) is 1. The van der Waals surface area contributed by atoms with Gasteiger partial charge in [-0.05, 0) is 60.7 Å². The zero-order valence-electron chi connectivity index (χ0n) is 19.8. The molecule has 3 rings (SSSR count). The van der Waals surface area contributed by atoms with Crippen molar-refractivity contribution in [3.63, 3.8) is 0 Å². The fourth-order valence-electron chi connectivity index (χ4n) is 3.13. The van der Waals surface area contributed by atoms with E-state index in [-0.39, 0.29) is 32.4 Å². The summed E-state index contributed by atoms with van der Waals surface area (Å²) < 4.78 is 57.0. The van der Waals surface area contributed by atoms with Gasteiger partial charge in [0.1, 0.15) is 11.5 Å². The van der Waals surface area contributed by atoms with E-state index in [1.54, 1.807) is 0 Å². The lowest BCUT2D eigenvalue weighted by Crippen LogP contribution is -2.45. The van der Waals surface area contributed by atoms with Gasteiger partial charge in [0, 0.05) is 16.3 Å². The van der Waals surface area contributed by atoms with E-state index in [1.165, 1.54) is 48.5 Å². The minimum atomic E-state index is -4.87. The molecule has 0 amide bonds. The minimum Gasteiger partial charge on any atom is -0.459 e. The summed E-state index contributed by atoms with van der Waals surface area (Å²) in [4.78, 5) is 24.7. The molecule has 0 heterocycles. The van der Waals surface area contributed by atoms with Crippen molar-refractivity contribution in [1.29, 1.82) is 5.41 Å². The van der Waals surface area contributed by atoms with Crippen LogP contribution in [0.3, 0.4) is 0 Å². The van der Waals surface area contributed by atoms with E-state index in [0.29, 0.717) is 10.0 Å². The smallest absolute Gasteiger partial charge is 0.338 e. The average molecular weight is 672 g/mol. The number of carbonyl (C=O) groups is 2. The Balaban J connectivity index is 1.97. The summed E-state index contributed by atoms with van der Waals surface area (Å²) in [7, 11) is -4.87. The van der Waals surface area contributed by atoms with Crippen molar-refractivity contribution in [1.82, 2.24) is 0 Å². The first-order valence-electron chi connectivity index (χ1n) is 10.9. The van der Waals surface area contributed by atoms with Crippen molar-refractivity contribution in [2.75, 3.05) is 6.61 Å². The minimum absolute atomic E-state index is 0.0251. The van der Waals surface area contributed by atoms with Gasteiger partial charge in [-0.25, -0.2) is 14.0 Å². The van der Waals surface area contributed by atoms with E-state index >= 15 is 4.39 Å². The van der Waals surface area contributed by atoms with E-state index in [0.717, 1.165) is 12.1 Å². The van der Waals surface area contributed by atoms with E-state index in [1.807, 2.05) is 0 Å². The summed E-state index contributed by atoms with van der Waals surface area (Å²) in [6, 6.07) is 12.7. The topological polar surface area (TPSA) is 120 Å². The molecule has 0 bridgehead atoms. The van der Waals surface area contributed by atoms with Crippen molar-refractivity contribution < 1.29 is 36.1 Å². The Hall–Kier alpha value is -2.44. The highest BCUT2D eigenvalue weighted by molar-refractivity contribution is 7.87. The summed E-state index contributed by atoms with van der Waals surface area (Å²) in [6.07, 6.45) is -6.22. The van der Waals surface area contributed by atoms with E-state index in [2.05, 4.69) is 0 Å². The number of alkyl halides is 1. The normalized spacial score (nSPS) is 13.7. The maximum Gasteiger partial charge on any atom is 0.338 e. The maximum absolute atomic E-state index is 15.0. The molecule has 3 aromatic carbocycles. The van der Waals surface area contributed by atoms with Crippen molar-refractivity contribution in [3.8, 4) is 0 Å². The first kappa shape index (κ1) is 32.1. The Bertz CT molecular complexity index is 1510. The molecule has 0 radical (unpaired) electrons. The largest absolute Gasteiger partial charge is 0.459 e. The fraction of sp³-hybridized carbons (Fsp3) is 0.160. The van der Waals surface area contributed by atoms with Crippen LogP contribution in [0.5, 0.6) is 0 Å². The Labute approximate surface area is 253 Å². The summed E-state index contributed by atoms with van der Waals surface area (Å²) >= 11 is 29.5. The molecular formula is C25H17Cl5FNO7S. The number of esters is 2. The standard InChI is InChI=1S/C25H17Cl5FNO7S/c26-15-5-1-13(2-6-15)24(33)37-12-21(39-40(35,36)22-10-18(29)17(28)9-19(22)30)23(20(31)11-32)38-25(34)14-3-7-16(27)8-4-14/h1-11,20-21,23,32H,12H2/t20-,21?,23+/m0/s1. The molecule has 3 atom stereocenters. The predicted molar refractivity (Wildman–Crippen MR) is 150 cm³/mol. The van der Waals surface area contributed by atoms with Gasteiger partial charge < -0.3 is 14.9 Å². The molecule has 0 aliphatic carbocycles. The molecular weight excluding hydrogens is 655 g/mol. The molecule has 0 aromatic heterocycles. The molecule has 40 heavy (non-hydrogen) atoms. The van der Waals surface area contributed by atoms with Crippen LogP contribution in [-0.2, 0) is 23.8 Å². The van der Waals surface area contributed by atoms with Crippen molar-refractivity contribution in [3.05, 3.63) is 96.9 Å². The molecule has 0 saturated heterocycles. The molecule has 3 aromatic rings. The van der Waals surface area contributed by atoms with Crippen LogP contribution < -0.4 is 0 Å². The van der Waals surface area contributed by atoms with Crippen LogP contribution in [0.15, 0.2) is 65.6 Å². The molecule has 15 heteroatoms. The lowest BCUT2D eigenvalue weighted by Gasteiger charge is -2.27. The zero-order valence-corrected chi connectivity index (χ0v) is 24.4. The molecule has 8 nitrogen and oxygen atoms in total. The predicted octanol–water partition coefficient (Wildman–Crippen LogP) is 7.10. The molecule has 0 aliphatic heterocycles. The lowest BCUT2D eigenvalue weighted by atomic mass is 10.1. The third-order valence-electron chi connectivity index (χ3n) is 5.12. The third-order valence-corrected chi connectivity index (χ3v) is 8.14. The summed E-state index contributed by atoms with van der Waals surface area (Å²) in [5, 5.41) is 7.39. The van der Waals surface area contributed by atoms with Crippen LogP contribution in [0.4, 0.5) is 4.39 Å². The van der Waals surface area contributed by atoms with Gasteiger partial charge in [-0.15, -0.1) is 0 Å². The van der Waals surface area contributed by atoms with Crippen molar-refractivity contribution in [2.24, 2.45) is 0 Å². The second-order valence-electron chi connectivity index (χ2n) is 7.88. The molecule has 0 spiro atoms. The Morgan fingerprint density at radius 2 is 1.32 bits per heavy atom. The van der Waals surface area contributed by atoms with Gasteiger partial charge in [0.2, 0.25) is 0 Å². The second-order valence-corrected chi connectivity index (χ2v) is 11.5. The van der Waals surface area contributed by atoms with Crippen molar-refractivity contribution in [2.45, 2.75) is 23.3 Å². The average Bonchev–Trinajstić information content (AvgIpc) is 2.91. The van der Waals surface area contributed by atoms with E-state index < -0.39 is 51.9 Å². The number of halogens is 6. The monoisotopic (exact) mass is 669 g/mol. The van der Waals surface area contributed by atoms with Crippen LogP contribution in [0.1, 0.15) is 20.7 Å². The number of carbonyl (C=O) groups excluding carboxylic acids is 2. The molecule has 1 unspecified atom stereocenters. The van der Waals surface area contributed by atoms with Gasteiger partial charge in [-0.2, -0.15) is 8.42 Å². The van der Waals surface area contributed by atoms with E-state index in [9.17, 15) is 18.0 Å². The van der Waals surface area contributed by atoms with Gasteiger partial charge >= 0.3 is 11.9 Å². The number of benzene rings is 3. The quantitative estimate of drug-likeness (QED) is 0.1000. The van der Waals surface area contributed by atoms with Crippen molar-refractivity contribution >= 4 is 86.3 Å². The summed E-state index contributed by atoms with van der Waals surface area (Å²) in [5.41, 5.74) is -0.0454. The Kier molecular flexibility index (Phi) is 11.2. The van der Waals surface area contributed by atoms with Gasteiger partial charge in [0.05, 0.1) is 26.2 Å². The van der Waals surface area contributed by atoms with Crippen LogP contribution in [0, 0.1) is 5.41 Å².